The van der Waals surface area contributed by atoms with E-state index in [1.165, 1.54) is 6.07 Å². The molecule has 2 rings (SSSR count). The zero-order valence-corrected chi connectivity index (χ0v) is 11.9. The van der Waals surface area contributed by atoms with Crippen LogP contribution >= 0.6 is 0 Å². The fraction of sp³-hybridized carbons (Fsp3) is 0.462. The maximum absolute atomic E-state index is 12.2. The van der Waals surface area contributed by atoms with Crippen LogP contribution in [-0.2, 0) is 10.0 Å². The number of nitriles is 1. The molecule has 0 bridgehead atoms. The topological polar surface area (TPSA) is 73.2 Å². The van der Waals surface area contributed by atoms with Gasteiger partial charge in [0.25, 0.3) is 0 Å². The Hall–Kier alpha value is -1.42. The average molecular weight is 279 g/mol. The van der Waals surface area contributed by atoms with E-state index in [1.54, 1.807) is 19.1 Å². The molecule has 1 aromatic rings. The molecule has 1 atom stereocenters. The van der Waals surface area contributed by atoms with Crippen molar-refractivity contribution >= 4 is 10.0 Å². The van der Waals surface area contributed by atoms with E-state index in [0.717, 1.165) is 19.5 Å². The SMILES string of the molecule is Cc1cc(S(=O)(=O)NC2CCN(C)C2)ccc1C#N. The minimum Gasteiger partial charge on any atom is -0.305 e. The molecule has 0 aliphatic carbocycles. The Bertz CT molecular complexity index is 619. The van der Waals surface area contributed by atoms with Gasteiger partial charge in [-0.05, 0) is 50.7 Å². The lowest BCUT2D eigenvalue weighted by molar-refractivity contribution is 0.407. The first-order chi connectivity index (χ1) is 8.92. The monoisotopic (exact) mass is 279 g/mol. The molecule has 1 aromatic carbocycles. The molecule has 1 fully saturated rings. The van der Waals surface area contributed by atoms with Crippen LogP contribution < -0.4 is 4.72 Å². The third-order valence-electron chi connectivity index (χ3n) is 3.34. The molecule has 0 spiro atoms. The lowest BCUT2D eigenvalue weighted by Crippen LogP contribution is -2.36. The fourth-order valence-corrected chi connectivity index (χ4v) is 3.59. The predicted octanol–water partition coefficient (Wildman–Crippen LogP) is 0.849. The van der Waals surface area contributed by atoms with Crippen LogP contribution in [0.3, 0.4) is 0 Å². The van der Waals surface area contributed by atoms with Gasteiger partial charge in [-0.2, -0.15) is 5.26 Å². The molecule has 1 aliphatic heterocycles. The standard InChI is InChI=1S/C13H17N3O2S/c1-10-7-13(4-3-11(10)8-14)19(17,18)15-12-5-6-16(2)9-12/h3-4,7,12,15H,5-6,9H2,1-2H3. The Morgan fingerprint density at radius 2 is 2.21 bits per heavy atom. The highest BCUT2D eigenvalue weighted by atomic mass is 32.2. The minimum atomic E-state index is -3.50. The first-order valence-corrected chi connectivity index (χ1v) is 7.62. The Balaban J connectivity index is 2.20. The lowest BCUT2D eigenvalue weighted by atomic mass is 10.1. The first kappa shape index (κ1) is 14.0. The van der Waals surface area contributed by atoms with E-state index >= 15 is 0 Å². The molecule has 0 radical (unpaired) electrons. The number of hydrogen-bond donors (Lipinski definition) is 1. The Morgan fingerprint density at radius 3 is 2.74 bits per heavy atom. The second-order valence-corrected chi connectivity index (χ2v) is 6.67. The third kappa shape index (κ3) is 3.13. The molecule has 19 heavy (non-hydrogen) atoms. The van der Waals surface area contributed by atoms with Crippen LogP contribution in [0.5, 0.6) is 0 Å². The molecule has 1 unspecified atom stereocenters. The Morgan fingerprint density at radius 1 is 1.47 bits per heavy atom. The van der Waals surface area contributed by atoms with Crippen LogP contribution in [0.4, 0.5) is 0 Å². The summed E-state index contributed by atoms with van der Waals surface area (Å²) in [4.78, 5) is 2.32. The molecular formula is C13H17N3O2S. The summed E-state index contributed by atoms with van der Waals surface area (Å²) in [5.41, 5.74) is 1.17. The van der Waals surface area contributed by atoms with Crippen LogP contribution in [0.15, 0.2) is 23.1 Å². The molecule has 1 aliphatic rings. The Kier molecular flexibility index (Phi) is 3.90. The van der Waals surface area contributed by atoms with E-state index in [2.05, 4.69) is 9.62 Å². The van der Waals surface area contributed by atoms with Crippen molar-refractivity contribution in [3.05, 3.63) is 29.3 Å². The molecule has 5 nitrogen and oxygen atoms in total. The van der Waals surface area contributed by atoms with Crippen molar-refractivity contribution in [3.63, 3.8) is 0 Å². The minimum absolute atomic E-state index is 0.0362. The fourth-order valence-electron chi connectivity index (χ4n) is 2.25. The highest BCUT2D eigenvalue weighted by Gasteiger charge is 2.25. The number of likely N-dealkylation sites (N-methyl/N-ethyl adjacent to an activating group) is 1. The van der Waals surface area contributed by atoms with Gasteiger partial charge in [0.1, 0.15) is 0 Å². The maximum atomic E-state index is 12.2. The smallest absolute Gasteiger partial charge is 0.240 e. The van der Waals surface area contributed by atoms with Gasteiger partial charge in [-0.3, -0.25) is 0 Å². The summed E-state index contributed by atoms with van der Waals surface area (Å²) in [6, 6.07) is 6.56. The van der Waals surface area contributed by atoms with Crippen molar-refractivity contribution < 1.29 is 8.42 Å². The number of hydrogen-bond acceptors (Lipinski definition) is 4. The number of nitrogens with one attached hydrogen (secondary N) is 1. The van der Waals surface area contributed by atoms with Crippen molar-refractivity contribution in [2.75, 3.05) is 20.1 Å². The zero-order chi connectivity index (χ0) is 14.0. The van der Waals surface area contributed by atoms with Gasteiger partial charge in [0, 0.05) is 12.6 Å². The molecule has 6 heteroatoms. The van der Waals surface area contributed by atoms with Gasteiger partial charge in [-0.1, -0.05) is 0 Å². The van der Waals surface area contributed by atoms with E-state index in [1.807, 2.05) is 13.1 Å². The normalized spacial score (nSPS) is 20.4. The largest absolute Gasteiger partial charge is 0.305 e. The molecule has 102 valence electrons. The van der Waals surface area contributed by atoms with Gasteiger partial charge in [-0.15, -0.1) is 0 Å². The van der Waals surface area contributed by atoms with E-state index in [4.69, 9.17) is 5.26 Å². The summed E-state index contributed by atoms with van der Waals surface area (Å²) >= 11 is 0. The lowest BCUT2D eigenvalue weighted by Gasteiger charge is -2.13. The highest BCUT2D eigenvalue weighted by Crippen LogP contribution is 2.16. The number of benzene rings is 1. The van der Waals surface area contributed by atoms with Crippen LogP contribution in [0.1, 0.15) is 17.5 Å². The Labute approximate surface area is 113 Å². The molecule has 1 heterocycles. The van der Waals surface area contributed by atoms with Gasteiger partial charge < -0.3 is 4.90 Å². The van der Waals surface area contributed by atoms with Gasteiger partial charge in [-0.25, -0.2) is 13.1 Å². The second kappa shape index (κ2) is 5.29. The number of rotatable bonds is 3. The van der Waals surface area contributed by atoms with Crippen molar-refractivity contribution in [1.29, 1.82) is 5.26 Å². The van der Waals surface area contributed by atoms with E-state index < -0.39 is 10.0 Å². The van der Waals surface area contributed by atoms with Crippen molar-refractivity contribution in [2.45, 2.75) is 24.3 Å². The number of aryl methyl sites for hydroxylation is 1. The van der Waals surface area contributed by atoms with Crippen LogP contribution in [0, 0.1) is 18.3 Å². The van der Waals surface area contributed by atoms with Gasteiger partial charge >= 0.3 is 0 Å². The third-order valence-corrected chi connectivity index (χ3v) is 4.86. The second-order valence-electron chi connectivity index (χ2n) is 4.96. The molecule has 1 saturated heterocycles. The number of nitrogens with zero attached hydrogens (tertiary/aromatic N) is 2. The van der Waals surface area contributed by atoms with E-state index in [-0.39, 0.29) is 10.9 Å². The summed E-state index contributed by atoms with van der Waals surface area (Å²) in [6.45, 7) is 3.37. The predicted molar refractivity (Wildman–Crippen MR) is 72.1 cm³/mol. The van der Waals surface area contributed by atoms with Gasteiger partial charge in [0.2, 0.25) is 10.0 Å². The average Bonchev–Trinajstić information content (AvgIpc) is 2.73. The van der Waals surface area contributed by atoms with Gasteiger partial charge in [0.05, 0.1) is 16.5 Å². The highest BCUT2D eigenvalue weighted by molar-refractivity contribution is 7.89. The van der Waals surface area contributed by atoms with Crippen molar-refractivity contribution in [3.8, 4) is 6.07 Å². The summed E-state index contributed by atoms with van der Waals surface area (Å²) in [5, 5.41) is 8.85. The number of sulfonamides is 1. The van der Waals surface area contributed by atoms with Crippen LogP contribution in [0.25, 0.3) is 0 Å². The maximum Gasteiger partial charge on any atom is 0.240 e. The van der Waals surface area contributed by atoms with Crippen molar-refractivity contribution in [1.82, 2.24) is 9.62 Å². The summed E-state index contributed by atoms with van der Waals surface area (Å²) in [6.07, 6.45) is 0.824. The molecule has 1 N–H and O–H groups in total. The molecule has 0 saturated carbocycles. The quantitative estimate of drug-likeness (QED) is 0.890. The zero-order valence-electron chi connectivity index (χ0n) is 11.0. The molecular weight excluding hydrogens is 262 g/mol. The summed E-state index contributed by atoms with van der Waals surface area (Å²) in [5.74, 6) is 0. The molecule has 0 amide bonds. The van der Waals surface area contributed by atoms with Crippen molar-refractivity contribution in [2.24, 2.45) is 0 Å². The van der Waals surface area contributed by atoms with E-state index in [0.29, 0.717) is 11.1 Å². The summed E-state index contributed by atoms with van der Waals surface area (Å²) in [7, 11) is -1.53. The van der Waals surface area contributed by atoms with E-state index in [9.17, 15) is 8.42 Å². The molecule has 0 aromatic heterocycles. The summed E-state index contributed by atoms with van der Waals surface area (Å²) < 4.78 is 27.2. The van der Waals surface area contributed by atoms with Crippen LogP contribution in [-0.4, -0.2) is 39.5 Å². The first-order valence-electron chi connectivity index (χ1n) is 6.14. The number of likely N-dealkylation sites (tertiary alicyclic amines) is 1. The van der Waals surface area contributed by atoms with Crippen LogP contribution in [0.2, 0.25) is 0 Å². The van der Waals surface area contributed by atoms with Gasteiger partial charge in [0.15, 0.2) is 0 Å².